The number of rotatable bonds is 16. The van der Waals surface area contributed by atoms with Gasteiger partial charge in [0, 0.05) is 65.2 Å². The molecule has 0 fully saturated rings. The van der Waals surface area contributed by atoms with Crippen LogP contribution in [0.25, 0.3) is 0 Å². The van der Waals surface area contributed by atoms with E-state index in [1.165, 1.54) is 12.1 Å². The summed E-state index contributed by atoms with van der Waals surface area (Å²) in [6, 6.07) is 10.3. The van der Waals surface area contributed by atoms with Gasteiger partial charge < -0.3 is 19.8 Å². The zero-order chi connectivity index (χ0) is 35.1. The Bertz CT molecular complexity index is 1800. The topological polar surface area (TPSA) is 142 Å². The van der Waals surface area contributed by atoms with E-state index in [-0.39, 0.29) is 11.3 Å². The monoisotopic (exact) mass is 693 g/mol. The van der Waals surface area contributed by atoms with Gasteiger partial charge in [0.15, 0.2) is 5.71 Å². The number of carboxylic acid groups (broad SMARTS) is 1. The number of hydrogen-bond donors (Lipinski definition) is 1. The zero-order valence-electron chi connectivity index (χ0n) is 27.6. The molecule has 0 aromatic heterocycles. The Hall–Kier alpha value is -3.70. The maximum Gasteiger partial charge on any atom is 0.303 e. The number of carboxylic acids is 1. The van der Waals surface area contributed by atoms with Crippen molar-refractivity contribution in [1.29, 1.82) is 0 Å². The summed E-state index contributed by atoms with van der Waals surface area (Å²) in [6.07, 6.45) is 19.1. The standard InChI is InChI=1S/C36H42N2O8S2/c1-6-7-8-13-22-37-31-21-19-27(48(42,43)44)25-29(31)36(4,5)33(37)16-11-9-10-15-32-35(2,3)28-24-26(47-46-45-41)18-20-30(28)38(32)23-14-12-17-34(39)40/h1,9-11,15-16,18-21,24-25H,7-8,12-14,17,22-23H2,2-5H3,(H2-,39,40,41,42,43,44)/p-1. The van der Waals surface area contributed by atoms with E-state index >= 15 is 0 Å². The lowest BCUT2D eigenvalue weighted by Crippen LogP contribution is -2.28. The number of aliphatic carboxylic acids is 1. The number of anilines is 1. The van der Waals surface area contributed by atoms with E-state index in [9.17, 15) is 23.0 Å². The first-order valence-corrected chi connectivity index (χ1v) is 17.9. The molecule has 2 aromatic rings. The van der Waals surface area contributed by atoms with E-state index in [4.69, 9.17) is 11.5 Å². The largest absolute Gasteiger partial charge is 0.744 e. The molecule has 2 heterocycles. The summed E-state index contributed by atoms with van der Waals surface area (Å²) in [5.74, 6) is 1.85. The van der Waals surface area contributed by atoms with Crippen molar-refractivity contribution in [2.24, 2.45) is 0 Å². The van der Waals surface area contributed by atoms with Crippen molar-refractivity contribution in [3.8, 4) is 12.3 Å². The van der Waals surface area contributed by atoms with Crippen LogP contribution in [0.3, 0.4) is 0 Å². The third-order valence-corrected chi connectivity index (χ3v) is 10.3. The Morgan fingerprint density at radius 3 is 2.50 bits per heavy atom. The van der Waals surface area contributed by atoms with E-state index in [2.05, 4.69) is 38.6 Å². The van der Waals surface area contributed by atoms with E-state index < -0.39 is 26.9 Å². The minimum atomic E-state index is -4.61. The summed E-state index contributed by atoms with van der Waals surface area (Å²) in [7, 11) is -4.61. The Labute approximate surface area is 287 Å². The molecule has 2 aliphatic rings. The second-order valence-electron chi connectivity index (χ2n) is 12.8. The van der Waals surface area contributed by atoms with Crippen molar-refractivity contribution < 1.29 is 42.1 Å². The molecule has 10 nitrogen and oxygen atoms in total. The maximum absolute atomic E-state index is 11.8. The number of nitrogens with zero attached hydrogens (tertiary/aromatic N) is 2. The predicted octanol–water partition coefficient (Wildman–Crippen LogP) is 6.05. The van der Waals surface area contributed by atoms with Gasteiger partial charge in [-0.2, -0.15) is 8.91 Å². The van der Waals surface area contributed by atoms with Gasteiger partial charge in [0.05, 0.1) is 22.4 Å². The molecule has 0 spiro atoms. The van der Waals surface area contributed by atoms with Crippen LogP contribution in [0.1, 0.15) is 77.3 Å². The molecule has 0 aliphatic carbocycles. The van der Waals surface area contributed by atoms with Gasteiger partial charge in [0.1, 0.15) is 16.7 Å². The molecule has 0 unspecified atom stereocenters. The van der Waals surface area contributed by atoms with Crippen molar-refractivity contribution in [3.05, 3.63) is 83.6 Å². The van der Waals surface area contributed by atoms with Crippen LogP contribution >= 0.6 is 12.0 Å². The molecule has 0 bridgehead atoms. The van der Waals surface area contributed by atoms with Gasteiger partial charge >= 0.3 is 5.97 Å². The molecule has 2 aliphatic heterocycles. The fraction of sp³-hybridized carbons (Fsp3) is 0.389. The summed E-state index contributed by atoms with van der Waals surface area (Å²) >= 11 is 0.834. The van der Waals surface area contributed by atoms with Gasteiger partial charge in [0.2, 0.25) is 5.69 Å². The van der Waals surface area contributed by atoms with E-state index in [0.717, 1.165) is 58.8 Å². The van der Waals surface area contributed by atoms with Gasteiger partial charge in [-0.15, -0.1) is 12.3 Å². The Balaban J connectivity index is 1.65. The molecular formula is C36H41N2O8S2-. The summed E-state index contributed by atoms with van der Waals surface area (Å²) in [4.78, 5) is 13.7. The molecule has 0 radical (unpaired) electrons. The number of benzene rings is 2. The first-order chi connectivity index (χ1) is 22.7. The first kappa shape index (κ1) is 37.1. The SMILES string of the molecule is C#CCCCCN1/C(=C/C=C/C=C/C2=[N+](CCCCC(=O)O)c3ccc(SOO[O-])cc3C2(C)C)C(C)(C)c2cc(S(=O)(=O)[O-])ccc21. The van der Waals surface area contributed by atoms with Crippen LogP contribution in [0.2, 0.25) is 0 Å². The second kappa shape index (κ2) is 15.7. The quantitative estimate of drug-likeness (QED) is 0.0323. The molecule has 0 atom stereocenters. The van der Waals surface area contributed by atoms with Gasteiger partial charge in [-0.1, -0.05) is 32.1 Å². The minimum absolute atomic E-state index is 0.101. The van der Waals surface area contributed by atoms with Crippen LogP contribution in [0.5, 0.6) is 0 Å². The molecule has 0 saturated carbocycles. The predicted molar refractivity (Wildman–Crippen MR) is 183 cm³/mol. The van der Waals surface area contributed by atoms with E-state index in [1.807, 2.05) is 62.4 Å². The van der Waals surface area contributed by atoms with Crippen LogP contribution in [-0.2, 0) is 35.1 Å². The summed E-state index contributed by atoms with van der Waals surface area (Å²) in [5, 5.41) is 23.0. The fourth-order valence-electron chi connectivity index (χ4n) is 6.45. The summed E-state index contributed by atoms with van der Waals surface area (Å²) in [6.45, 7) is 9.57. The second-order valence-corrected chi connectivity index (χ2v) is 14.9. The molecular weight excluding hydrogens is 653 g/mol. The minimum Gasteiger partial charge on any atom is -0.744 e. The Kier molecular flexibility index (Phi) is 12.1. The highest BCUT2D eigenvalue weighted by atomic mass is 32.2. The zero-order valence-corrected chi connectivity index (χ0v) is 29.2. The van der Waals surface area contributed by atoms with Crippen LogP contribution in [0.15, 0.2) is 82.3 Å². The summed E-state index contributed by atoms with van der Waals surface area (Å²) in [5.41, 5.74) is 4.70. The number of fused-ring (bicyclic) bond motifs is 2. The molecule has 256 valence electrons. The third kappa shape index (κ3) is 8.29. The molecule has 0 amide bonds. The Morgan fingerprint density at radius 2 is 1.81 bits per heavy atom. The number of carbonyl (C=O) groups is 1. The lowest BCUT2D eigenvalue weighted by molar-refractivity contribution is -0.777. The maximum atomic E-state index is 11.8. The van der Waals surface area contributed by atoms with Gasteiger partial charge in [-0.25, -0.2) is 8.42 Å². The molecule has 12 heteroatoms. The Morgan fingerprint density at radius 1 is 1.04 bits per heavy atom. The average Bonchev–Trinajstić information content (AvgIpc) is 3.37. The van der Waals surface area contributed by atoms with Gasteiger partial charge in [-0.05, 0) is 75.1 Å². The van der Waals surface area contributed by atoms with Crippen molar-refractivity contribution >= 4 is 45.2 Å². The molecule has 48 heavy (non-hydrogen) atoms. The summed E-state index contributed by atoms with van der Waals surface area (Å²) < 4.78 is 42.2. The normalized spacial score (nSPS) is 17.4. The van der Waals surface area contributed by atoms with Crippen LogP contribution in [-0.4, -0.2) is 47.4 Å². The fourth-order valence-corrected chi connectivity index (χ4v) is 7.34. The number of unbranched alkanes of at least 4 members (excludes halogenated alkanes) is 3. The lowest BCUT2D eigenvalue weighted by atomic mass is 9.81. The lowest BCUT2D eigenvalue weighted by Gasteiger charge is -2.27. The van der Waals surface area contributed by atoms with Crippen LogP contribution in [0.4, 0.5) is 11.4 Å². The highest BCUT2D eigenvalue weighted by Gasteiger charge is 2.44. The molecule has 2 aromatic carbocycles. The van der Waals surface area contributed by atoms with Crippen molar-refractivity contribution in [2.75, 3.05) is 18.0 Å². The van der Waals surface area contributed by atoms with Gasteiger partial charge in [0.25, 0.3) is 0 Å². The van der Waals surface area contributed by atoms with Crippen molar-refractivity contribution in [1.82, 2.24) is 0 Å². The number of allylic oxidation sites excluding steroid dienone is 6. The van der Waals surface area contributed by atoms with E-state index in [1.54, 1.807) is 6.07 Å². The highest BCUT2D eigenvalue weighted by molar-refractivity contribution is 7.94. The highest BCUT2D eigenvalue weighted by Crippen LogP contribution is 2.48. The van der Waals surface area contributed by atoms with Crippen LogP contribution in [0, 0.1) is 12.3 Å². The third-order valence-electron chi connectivity index (χ3n) is 8.88. The van der Waals surface area contributed by atoms with E-state index in [0.29, 0.717) is 37.2 Å². The average molecular weight is 694 g/mol. The smallest absolute Gasteiger partial charge is 0.303 e. The van der Waals surface area contributed by atoms with Crippen LogP contribution < -0.4 is 10.2 Å². The van der Waals surface area contributed by atoms with Gasteiger partial charge in [-0.3, -0.25) is 9.83 Å². The van der Waals surface area contributed by atoms with Crippen molar-refractivity contribution in [2.45, 2.75) is 86.8 Å². The molecule has 1 N–H and O–H groups in total. The molecule has 4 rings (SSSR count). The number of hydrogen-bond acceptors (Lipinski definition) is 9. The molecule has 0 saturated heterocycles. The van der Waals surface area contributed by atoms with Crippen molar-refractivity contribution in [3.63, 3.8) is 0 Å². The number of terminal acetylenes is 1. The first-order valence-electron chi connectivity index (χ1n) is 15.7.